The molecular formula is C26H36Cl4N4. The van der Waals surface area contributed by atoms with Gasteiger partial charge in [-0.15, -0.1) is 24.8 Å². The molecule has 2 aliphatic rings. The number of hydrogen-bond acceptors (Lipinski definition) is 2. The first kappa shape index (κ1) is 30.6. The van der Waals surface area contributed by atoms with Gasteiger partial charge in [0.1, 0.15) is 0 Å². The van der Waals surface area contributed by atoms with Crippen molar-refractivity contribution < 1.29 is 0 Å². The van der Waals surface area contributed by atoms with Crippen LogP contribution in [0.1, 0.15) is 75.3 Å². The third-order valence-electron chi connectivity index (χ3n) is 7.05. The molecular weight excluding hydrogens is 510 g/mol. The van der Waals surface area contributed by atoms with E-state index in [9.17, 15) is 0 Å². The van der Waals surface area contributed by atoms with Crippen molar-refractivity contribution in [3.05, 3.63) is 69.7 Å². The van der Waals surface area contributed by atoms with E-state index < -0.39 is 0 Å². The van der Waals surface area contributed by atoms with E-state index in [-0.39, 0.29) is 47.3 Å². The van der Waals surface area contributed by atoms with Crippen molar-refractivity contribution in [2.24, 2.45) is 11.5 Å². The van der Waals surface area contributed by atoms with Crippen LogP contribution in [-0.2, 0) is 10.8 Å². The molecule has 2 saturated carbocycles. The summed E-state index contributed by atoms with van der Waals surface area (Å²) in [7, 11) is 0. The van der Waals surface area contributed by atoms with Gasteiger partial charge in [0.2, 0.25) is 0 Å². The minimum atomic E-state index is 0. The predicted molar refractivity (Wildman–Crippen MR) is 151 cm³/mol. The van der Waals surface area contributed by atoms with Gasteiger partial charge in [-0.2, -0.15) is 0 Å². The van der Waals surface area contributed by atoms with Crippen LogP contribution >= 0.6 is 48.0 Å². The van der Waals surface area contributed by atoms with Gasteiger partial charge >= 0.3 is 0 Å². The van der Waals surface area contributed by atoms with E-state index >= 15 is 0 Å². The Hall–Kier alpha value is -1.46. The number of halogens is 4. The van der Waals surface area contributed by atoms with E-state index in [2.05, 4.69) is 12.1 Å². The Morgan fingerprint density at radius 1 is 0.676 bits per heavy atom. The summed E-state index contributed by atoms with van der Waals surface area (Å²) in [5.74, 6) is 0.559. The maximum Gasteiger partial charge on any atom is 0.0914 e. The summed E-state index contributed by atoms with van der Waals surface area (Å²) < 4.78 is 0. The first-order valence-corrected chi connectivity index (χ1v) is 12.2. The highest BCUT2D eigenvalue weighted by Gasteiger charge is 2.37. The van der Waals surface area contributed by atoms with Gasteiger partial charge in [-0.25, -0.2) is 0 Å². The predicted octanol–water partition coefficient (Wildman–Crippen LogP) is 7.80. The Balaban J connectivity index is 0.000000321. The van der Waals surface area contributed by atoms with Crippen molar-refractivity contribution in [1.82, 2.24) is 0 Å². The molecule has 0 aromatic heterocycles. The van der Waals surface area contributed by atoms with Crippen LogP contribution in [0.2, 0.25) is 10.0 Å². The van der Waals surface area contributed by atoms with Gasteiger partial charge in [-0.1, -0.05) is 73.2 Å². The molecule has 2 fully saturated rings. The number of nitrogens with one attached hydrogen (secondary N) is 2. The average Bonchev–Trinajstić information content (AvgIpc) is 3.39. The number of nitrogens with two attached hydrogens (primary N) is 2. The third-order valence-corrected chi connectivity index (χ3v) is 7.52. The van der Waals surface area contributed by atoms with E-state index in [0.717, 1.165) is 35.7 Å². The lowest BCUT2D eigenvalue weighted by atomic mass is 9.76. The van der Waals surface area contributed by atoms with Crippen LogP contribution in [0.5, 0.6) is 0 Å². The average molecular weight is 546 g/mol. The third kappa shape index (κ3) is 7.78. The Labute approximate surface area is 226 Å². The molecule has 0 saturated heterocycles. The zero-order valence-corrected chi connectivity index (χ0v) is 22.6. The molecule has 2 aliphatic carbocycles. The first-order chi connectivity index (χ1) is 15.2. The second-order valence-electron chi connectivity index (χ2n) is 9.40. The highest BCUT2D eigenvalue weighted by atomic mass is 35.5. The fourth-order valence-corrected chi connectivity index (χ4v) is 5.98. The van der Waals surface area contributed by atoms with Gasteiger partial charge in [0.15, 0.2) is 0 Å². The first-order valence-electron chi connectivity index (χ1n) is 11.4. The molecule has 4 rings (SSSR count). The SMILES string of the molecule is Cl.Cl.N=C(N)CC1(c2cccc(Cl)c2)CCCC1.N=C(N)CC1(c2cccc(Cl)c2)CCCC1. The van der Waals surface area contributed by atoms with Crippen molar-refractivity contribution in [2.45, 2.75) is 75.0 Å². The highest BCUT2D eigenvalue weighted by Crippen LogP contribution is 2.45. The lowest BCUT2D eigenvalue weighted by molar-refractivity contribution is 0.457. The molecule has 2 aromatic carbocycles. The van der Waals surface area contributed by atoms with Crippen LogP contribution in [-0.4, -0.2) is 11.7 Å². The lowest BCUT2D eigenvalue weighted by Crippen LogP contribution is -2.29. The number of benzene rings is 2. The van der Waals surface area contributed by atoms with Gasteiger partial charge in [0.25, 0.3) is 0 Å². The van der Waals surface area contributed by atoms with E-state index in [0.29, 0.717) is 12.8 Å². The summed E-state index contributed by atoms with van der Waals surface area (Å²) in [4.78, 5) is 0. The molecule has 4 nitrogen and oxygen atoms in total. The minimum absolute atomic E-state index is 0. The topological polar surface area (TPSA) is 99.7 Å². The standard InChI is InChI=1S/2C13H17ClN2.2ClH/c2*14-11-5-3-4-10(8-11)13(9-12(15)16)6-1-2-7-13;;/h2*3-5,8H,1-2,6-7,9H2,(H3,15,16);2*1H. The molecule has 2 aromatic rings. The van der Waals surface area contributed by atoms with Crippen molar-refractivity contribution >= 4 is 59.7 Å². The summed E-state index contributed by atoms with van der Waals surface area (Å²) >= 11 is 12.1. The maximum absolute atomic E-state index is 7.53. The fraction of sp³-hybridized carbons (Fsp3) is 0.462. The van der Waals surface area contributed by atoms with Crippen LogP contribution in [0.15, 0.2) is 48.5 Å². The normalized spacial score (nSPS) is 17.5. The molecule has 188 valence electrons. The summed E-state index contributed by atoms with van der Waals surface area (Å²) in [5.41, 5.74) is 13.8. The Kier molecular flexibility index (Phi) is 12.2. The molecule has 34 heavy (non-hydrogen) atoms. The van der Waals surface area contributed by atoms with E-state index in [1.807, 2.05) is 36.4 Å². The van der Waals surface area contributed by atoms with Crippen LogP contribution in [0, 0.1) is 10.8 Å². The number of amidine groups is 2. The molecule has 8 heteroatoms. The summed E-state index contributed by atoms with van der Waals surface area (Å²) in [6.45, 7) is 0. The molecule has 0 atom stereocenters. The molecule has 0 amide bonds. The van der Waals surface area contributed by atoms with Crippen molar-refractivity contribution in [3.63, 3.8) is 0 Å². The maximum atomic E-state index is 7.53. The zero-order chi connectivity index (χ0) is 23.2. The Morgan fingerprint density at radius 2 is 1.00 bits per heavy atom. The van der Waals surface area contributed by atoms with Crippen LogP contribution in [0.4, 0.5) is 0 Å². The summed E-state index contributed by atoms with van der Waals surface area (Å²) in [6.07, 6.45) is 10.7. The molecule has 0 heterocycles. The Morgan fingerprint density at radius 3 is 1.26 bits per heavy atom. The molecule has 6 N–H and O–H groups in total. The van der Waals surface area contributed by atoms with Gasteiger partial charge in [-0.05, 0) is 61.1 Å². The molecule has 0 spiro atoms. The molecule has 0 bridgehead atoms. The highest BCUT2D eigenvalue weighted by molar-refractivity contribution is 6.30. The van der Waals surface area contributed by atoms with Gasteiger partial charge < -0.3 is 11.5 Å². The number of rotatable bonds is 6. The minimum Gasteiger partial charge on any atom is -0.388 e. The Bertz CT molecular complexity index is 874. The molecule has 0 aliphatic heterocycles. The van der Waals surface area contributed by atoms with Crippen LogP contribution < -0.4 is 11.5 Å². The molecule has 0 unspecified atom stereocenters. The smallest absolute Gasteiger partial charge is 0.0914 e. The quantitative estimate of drug-likeness (QED) is 0.220. The van der Waals surface area contributed by atoms with Crippen LogP contribution in [0.3, 0.4) is 0 Å². The summed E-state index contributed by atoms with van der Waals surface area (Å²) in [6, 6.07) is 16.0. The zero-order valence-electron chi connectivity index (χ0n) is 19.4. The van der Waals surface area contributed by atoms with Crippen molar-refractivity contribution in [2.75, 3.05) is 0 Å². The van der Waals surface area contributed by atoms with Crippen LogP contribution in [0.25, 0.3) is 0 Å². The van der Waals surface area contributed by atoms with Gasteiger partial charge in [0.05, 0.1) is 11.7 Å². The number of hydrogen-bond donors (Lipinski definition) is 4. The second-order valence-corrected chi connectivity index (χ2v) is 10.3. The summed E-state index contributed by atoms with van der Waals surface area (Å²) in [5, 5.41) is 16.6. The van der Waals surface area contributed by atoms with Crippen molar-refractivity contribution in [1.29, 1.82) is 10.8 Å². The van der Waals surface area contributed by atoms with E-state index in [4.69, 9.17) is 45.5 Å². The lowest BCUT2D eigenvalue weighted by Gasteiger charge is -2.29. The fourth-order valence-electron chi connectivity index (χ4n) is 5.60. The molecule has 0 radical (unpaired) electrons. The van der Waals surface area contributed by atoms with Crippen molar-refractivity contribution in [3.8, 4) is 0 Å². The largest absolute Gasteiger partial charge is 0.388 e. The van der Waals surface area contributed by atoms with E-state index in [1.165, 1.54) is 36.8 Å². The van der Waals surface area contributed by atoms with E-state index in [1.54, 1.807) is 0 Å². The van der Waals surface area contributed by atoms with Gasteiger partial charge in [0, 0.05) is 33.7 Å². The second kappa shape index (κ2) is 13.6. The monoisotopic (exact) mass is 544 g/mol. The van der Waals surface area contributed by atoms with Gasteiger partial charge in [-0.3, -0.25) is 10.8 Å².